The lowest BCUT2D eigenvalue weighted by Gasteiger charge is -2.20. The van der Waals surface area contributed by atoms with Crippen molar-refractivity contribution in [2.24, 2.45) is 0 Å². The van der Waals surface area contributed by atoms with E-state index in [4.69, 9.17) is 16.3 Å². The zero-order valence-corrected chi connectivity index (χ0v) is 14.3. The van der Waals surface area contributed by atoms with Gasteiger partial charge in [-0.05, 0) is 45.6 Å². The number of rotatable bonds is 4. The molecule has 24 heavy (non-hydrogen) atoms. The van der Waals surface area contributed by atoms with E-state index in [-0.39, 0.29) is 16.9 Å². The number of carboxylic acid groups (broad SMARTS) is 1. The number of halogens is 2. The maximum Gasteiger partial charge on any atom is 0.419 e. The van der Waals surface area contributed by atoms with Gasteiger partial charge in [-0.1, -0.05) is 17.2 Å². The zero-order chi connectivity index (χ0) is 17.9. The molecule has 1 aliphatic rings. The Balaban J connectivity index is 2.40. The van der Waals surface area contributed by atoms with Gasteiger partial charge in [-0.15, -0.1) is 0 Å². The third kappa shape index (κ3) is 4.26. The van der Waals surface area contributed by atoms with Crippen LogP contribution >= 0.6 is 11.6 Å². The number of benzene rings is 1. The lowest BCUT2D eigenvalue weighted by molar-refractivity contribution is -0.113. The molecule has 1 aromatic rings. The van der Waals surface area contributed by atoms with Crippen LogP contribution in [0, 0.1) is 5.82 Å². The fourth-order valence-electron chi connectivity index (χ4n) is 2.59. The van der Waals surface area contributed by atoms with Gasteiger partial charge in [0.25, 0.3) is 5.91 Å². The molecule has 2 amide bonds. The lowest BCUT2D eigenvalue weighted by atomic mass is 10.2. The number of allylic oxidation sites excluding steroid dienone is 1. The summed E-state index contributed by atoms with van der Waals surface area (Å²) in [5.41, 5.74) is 0.199. The normalized spacial score (nSPS) is 14.3. The molecule has 0 atom stereocenters. The molecule has 0 aliphatic heterocycles. The van der Waals surface area contributed by atoms with Crippen molar-refractivity contribution in [1.82, 2.24) is 0 Å². The fraction of sp³-hybridized carbons (Fsp3) is 0.412. The summed E-state index contributed by atoms with van der Waals surface area (Å²) >= 11 is 6.00. The van der Waals surface area contributed by atoms with E-state index in [1.807, 2.05) is 0 Å². The first-order chi connectivity index (χ1) is 11.3. The summed E-state index contributed by atoms with van der Waals surface area (Å²) in [5.74, 6) is -1.58. The standard InChI is InChI=1S/C17H19ClFNO4/c1-10(2)7-16(21)20(17(22)23)14-9-15(12(18)8-13(14)19)24-11-5-3-4-6-11/h7-9,11H,3-6H2,1-2H3,(H,22,23). The Morgan fingerprint density at radius 2 is 1.96 bits per heavy atom. The number of hydrogen-bond acceptors (Lipinski definition) is 3. The van der Waals surface area contributed by atoms with Gasteiger partial charge in [-0.2, -0.15) is 0 Å². The van der Waals surface area contributed by atoms with Crippen molar-refractivity contribution in [2.75, 3.05) is 4.90 Å². The summed E-state index contributed by atoms with van der Waals surface area (Å²) in [6.45, 7) is 3.29. The predicted molar refractivity (Wildman–Crippen MR) is 89.2 cm³/mol. The molecule has 0 aromatic heterocycles. The SMILES string of the molecule is CC(C)=CC(=O)N(C(=O)O)c1cc(OC2CCCC2)c(Cl)cc1F. The van der Waals surface area contributed by atoms with Crippen LogP contribution in [0.5, 0.6) is 5.75 Å². The number of hydrogen-bond donors (Lipinski definition) is 1. The maximum atomic E-state index is 14.2. The van der Waals surface area contributed by atoms with Crippen LogP contribution in [0.1, 0.15) is 39.5 Å². The lowest BCUT2D eigenvalue weighted by Crippen LogP contribution is -2.35. The van der Waals surface area contributed by atoms with Gasteiger partial charge >= 0.3 is 6.09 Å². The van der Waals surface area contributed by atoms with E-state index in [0.29, 0.717) is 10.5 Å². The molecule has 7 heteroatoms. The molecule has 5 nitrogen and oxygen atoms in total. The smallest absolute Gasteiger partial charge is 0.419 e. The van der Waals surface area contributed by atoms with Crippen molar-refractivity contribution in [3.8, 4) is 5.75 Å². The molecule has 2 rings (SSSR count). The molecule has 1 saturated carbocycles. The average Bonchev–Trinajstić information content (AvgIpc) is 2.95. The molecule has 0 bridgehead atoms. The van der Waals surface area contributed by atoms with Gasteiger partial charge in [0.2, 0.25) is 0 Å². The summed E-state index contributed by atoms with van der Waals surface area (Å²) in [6.07, 6.45) is 3.32. The molecule has 1 fully saturated rings. The largest absolute Gasteiger partial charge is 0.489 e. The minimum atomic E-state index is -1.58. The predicted octanol–water partition coefficient (Wildman–Crippen LogP) is 4.78. The molecular formula is C17H19ClFNO4. The van der Waals surface area contributed by atoms with E-state index < -0.39 is 23.5 Å². The molecule has 1 aliphatic carbocycles. The van der Waals surface area contributed by atoms with Gasteiger partial charge < -0.3 is 9.84 Å². The molecule has 130 valence electrons. The average molecular weight is 356 g/mol. The Bertz CT molecular complexity index is 679. The Hall–Kier alpha value is -2.08. The van der Waals surface area contributed by atoms with Crippen LogP contribution in [0.4, 0.5) is 14.9 Å². The summed E-state index contributed by atoms with van der Waals surface area (Å²) in [4.78, 5) is 23.9. The van der Waals surface area contributed by atoms with Crippen molar-refractivity contribution in [3.05, 3.63) is 34.6 Å². The van der Waals surface area contributed by atoms with Gasteiger partial charge in [-0.25, -0.2) is 14.1 Å². The molecule has 0 saturated heterocycles. The number of carbonyl (C=O) groups excluding carboxylic acids is 1. The van der Waals surface area contributed by atoms with E-state index >= 15 is 0 Å². The third-order valence-electron chi connectivity index (χ3n) is 3.66. The van der Waals surface area contributed by atoms with Crippen LogP contribution in [0.15, 0.2) is 23.8 Å². The molecule has 1 N–H and O–H groups in total. The first kappa shape index (κ1) is 18.3. The van der Waals surface area contributed by atoms with Crippen molar-refractivity contribution >= 4 is 29.3 Å². The van der Waals surface area contributed by atoms with E-state index in [0.717, 1.165) is 37.8 Å². The van der Waals surface area contributed by atoms with Gasteiger partial charge in [0.15, 0.2) is 0 Å². The van der Waals surface area contributed by atoms with Crippen molar-refractivity contribution in [1.29, 1.82) is 0 Å². The monoisotopic (exact) mass is 355 g/mol. The van der Waals surface area contributed by atoms with Gasteiger partial charge in [0.05, 0.1) is 16.8 Å². The summed E-state index contributed by atoms with van der Waals surface area (Å²) in [5, 5.41) is 9.36. The highest BCUT2D eigenvalue weighted by atomic mass is 35.5. The first-order valence-corrected chi connectivity index (χ1v) is 8.05. The number of carbonyl (C=O) groups is 2. The highest BCUT2D eigenvalue weighted by Crippen LogP contribution is 2.35. The Kier molecular flexibility index (Phi) is 5.83. The van der Waals surface area contributed by atoms with Crippen LogP contribution in [0.3, 0.4) is 0 Å². The second kappa shape index (κ2) is 7.66. The van der Waals surface area contributed by atoms with Gasteiger partial charge in [-0.3, -0.25) is 4.79 Å². The Morgan fingerprint density at radius 3 is 2.50 bits per heavy atom. The van der Waals surface area contributed by atoms with Crippen LogP contribution in [0.25, 0.3) is 0 Å². The number of nitrogens with zero attached hydrogens (tertiary/aromatic N) is 1. The van der Waals surface area contributed by atoms with Crippen LogP contribution in [-0.2, 0) is 4.79 Å². The van der Waals surface area contributed by atoms with Crippen LogP contribution in [0.2, 0.25) is 5.02 Å². The number of anilines is 1. The number of amides is 2. The van der Waals surface area contributed by atoms with Gasteiger partial charge in [0, 0.05) is 12.1 Å². The molecule has 1 aromatic carbocycles. The quantitative estimate of drug-likeness (QED) is 0.789. The summed E-state index contributed by atoms with van der Waals surface area (Å²) in [7, 11) is 0. The second-order valence-electron chi connectivity index (χ2n) is 5.94. The van der Waals surface area contributed by atoms with E-state index in [1.54, 1.807) is 13.8 Å². The topological polar surface area (TPSA) is 66.8 Å². The third-order valence-corrected chi connectivity index (χ3v) is 3.96. The van der Waals surface area contributed by atoms with Crippen LogP contribution < -0.4 is 9.64 Å². The van der Waals surface area contributed by atoms with E-state index in [9.17, 15) is 19.1 Å². The molecule has 0 radical (unpaired) electrons. The summed E-state index contributed by atoms with van der Waals surface area (Å²) in [6, 6.07) is 2.13. The maximum absolute atomic E-state index is 14.2. The van der Waals surface area contributed by atoms with E-state index in [1.165, 1.54) is 6.07 Å². The molecule has 0 unspecified atom stereocenters. The molecule has 0 spiro atoms. The fourth-order valence-corrected chi connectivity index (χ4v) is 2.79. The molecular weight excluding hydrogens is 337 g/mol. The first-order valence-electron chi connectivity index (χ1n) is 7.67. The highest BCUT2D eigenvalue weighted by molar-refractivity contribution is 6.32. The van der Waals surface area contributed by atoms with Crippen molar-refractivity contribution in [3.63, 3.8) is 0 Å². The van der Waals surface area contributed by atoms with Crippen molar-refractivity contribution in [2.45, 2.75) is 45.6 Å². The minimum absolute atomic E-state index is 0.0347. The zero-order valence-electron chi connectivity index (χ0n) is 13.5. The summed E-state index contributed by atoms with van der Waals surface area (Å²) < 4.78 is 20.0. The Labute approximate surface area is 144 Å². The number of ether oxygens (including phenoxy) is 1. The van der Waals surface area contributed by atoms with Crippen molar-refractivity contribution < 1.29 is 23.8 Å². The van der Waals surface area contributed by atoms with Crippen LogP contribution in [-0.4, -0.2) is 23.2 Å². The highest BCUT2D eigenvalue weighted by Gasteiger charge is 2.27. The Morgan fingerprint density at radius 1 is 1.33 bits per heavy atom. The number of imide groups is 1. The minimum Gasteiger partial charge on any atom is -0.489 e. The van der Waals surface area contributed by atoms with Gasteiger partial charge in [0.1, 0.15) is 11.6 Å². The van der Waals surface area contributed by atoms with E-state index in [2.05, 4.69) is 0 Å². The second-order valence-corrected chi connectivity index (χ2v) is 6.34. The molecule has 0 heterocycles.